The number of nitrogens with zero attached hydrogens (tertiary/aromatic N) is 4. The molecule has 2 saturated heterocycles. The van der Waals surface area contributed by atoms with Gasteiger partial charge in [0.1, 0.15) is 11.6 Å². The zero-order valence-corrected chi connectivity index (χ0v) is 21.8. The molecule has 8 nitrogen and oxygen atoms in total. The van der Waals surface area contributed by atoms with Crippen LogP contribution in [0.3, 0.4) is 0 Å². The van der Waals surface area contributed by atoms with Gasteiger partial charge in [-0.15, -0.1) is 0 Å². The van der Waals surface area contributed by atoms with E-state index in [4.69, 9.17) is 14.2 Å². The molecule has 1 aromatic carbocycles. The van der Waals surface area contributed by atoms with E-state index in [1.807, 2.05) is 12.4 Å². The predicted molar refractivity (Wildman–Crippen MR) is 137 cm³/mol. The molecular formula is C28H37FN4O4. The zero-order chi connectivity index (χ0) is 25.8. The summed E-state index contributed by atoms with van der Waals surface area (Å²) in [5, 5.41) is 0. The maximum absolute atomic E-state index is 14.6. The van der Waals surface area contributed by atoms with Crippen molar-refractivity contribution in [1.82, 2.24) is 14.9 Å². The molecule has 1 aliphatic carbocycles. The van der Waals surface area contributed by atoms with Crippen molar-refractivity contribution in [1.29, 1.82) is 0 Å². The molecule has 37 heavy (non-hydrogen) atoms. The molecule has 0 radical (unpaired) electrons. The molecule has 2 aliphatic heterocycles. The van der Waals surface area contributed by atoms with Crippen molar-refractivity contribution in [2.75, 3.05) is 52.0 Å². The number of anilines is 1. The summed E-state index contributed by atoms with van der Waals surface area (Å²) in [6.45, 7) is 4.21. The van der Waals surface area contributed by atoms with Gasteiger partial charge in [-0.05, 0) is 55.1 Å². The number of piperidine rings is 1. The molecule has 1 saturated carbocycles. The van der Waals surface area contributed by atoms with Gasteiger partial charge >= 0.3 is 0 Å². The van der Waals surface area contributed by atoms with E-state index >= 15 is 0 Å². The lowest BCUT2D eigenvalue weighted by Crippen LogP contribution is -2.50. The number of halogens is 1. The Labute approximate surface area is 218 Å². The molecule has 0 N–H and O–H groups in total. The van der Waals surface area contributed by atoms with Crippen molar-refractivity contribution in [3.05, 3.63) is 47.5 Å². The van der Waals surface area contributed by atoms with Crippen LogP contribution in [0, 0.1) is 23.6 Å². The number of ether oxygens (including phenoxy) is 3. The molecule has 3 fully saturated rings. The van der Waals surface area contributed by atoms with Crippen molar-refractivity contribution in [3.8, 4) is 5.75 Å². The lowest BCUT2D eigenvalue weighted by Gasteiger charge is -2.34. The molecule has 5 rings (SSSR count). The van der Waals surface area contributed by atoms with Crippen LogP contribution in [0.4, 0.5) is 10.3 Å². The number of aromatic nitrogens is 2. The summed E-state index contributed by atoms with van der Waals surface area (Å²) in [5.41, 5.74) is 1.38. The van der Waals surface area contributed by atoms with Gasteiger partial charge in [0.15, 0.2) is 0 Å². The third kappa shape index (κ3) is 6.38. The normalized spacial score (nSPS) is 22.0. The minimum Gasteiger partial charge on any atom is -0.493 e. The number of benzene rings is 1. The summed E-state index contributed by atoms with van der Waals surface area (Å²) < 4.78 is 30.7. The van der Waals surface area contributed by atoms with E-state index in [2.05, 4.69) is 14.9 Å². The van der Waals surface area contributed by atoms with Crippen molar-refractivity contribution in [2.45, 2.75) is 44.8 Å². The van der Waals surface area contributed by atoms with Crippen molar-refractivity contribution in [2.24, 2.45) is 17.8 Å². The Bertz CT molecular complexity index is 1060. The summed E-state index contributed by atoms with van der Waals surface area (Å²) in [6.07, 6.45) is 8.32. The van der Waals surface area contributed by atoms with Gasteiger partial charge in [-0.25, -0.2) is 14.4 Å². The van der Waals surface area contributed by atoms with Gasteiger partial charge < -0.3 is 24.0 Å². The molecule has 3 heterocycles. The third-order valence-corrected chi connectivity index (χ3v) is 8.09. The molecule has 1 aromatic heterocycles. The second-order valence-electron chi connectivity index (χ2n) is 10.6. The number of likely N-dealkylation sites (N-methyl/N-ethyl adjacent to an activating group) is 1. The summed E-state index contributed by atoms with van der Waals surface area (Å²) in [7, 11) is 3.42. The van der Waals surface area contributed by atoms with Gasteiger partial charge in [-0.2, -0.15) is 0 Å². The van der Waals surface area contributed by atoms with Crippen LogP contribution in [0.15, 0.2) is 30.6 Å². The van der Waals surface area contributed by atoms with Gasteiger partial charge in [0.25, 0.3) is 0 Å². The van der Waals surface area contributed by atoms with E-state index < -0.39 is 5.82 Å². The Hall–Kier alpha value is -2.78. The first kappa shape index (κ1) is 25.9. The molecule has 0 spiro atoms. The molecule has 3 aliphatic rings. The Morgan fingerprint density at radius 1 is 1.22 bits per heavy atom. The lowest BCUT2D eigenvalue weighted by atomic mass is 9.90. The van der Waals surface area contributed by atoms with E-state index in [0.29, 0.717) is 43.7 Å². The summed E-state index contributed by atoms with van der Waals surface area (Å²) >= 11 is 0. The minimum absolute atomic E-state index is 0.0485. The maximum atomic E-state index is 14.6. The molecule has 2 aromatic rings. The number of hydrogen-bond donors (Lipinski definition) is 0. The highest BCUT2D eigenvalue weighted by Crippen LogP contribution is 2.49. The molecule has 0 bridgehead atoms. The maximum Gasteiger partial charge on any atom is 0.227 e. The van der Waals surface area contributed by atoms with Gasteiger partial charge in [0.2, 0.25) is 11.9 Å². The first-order chi connectivity index (χ1) is 18.0. The molecule has 2 unspecified atom stereocenters. The summed E-state index contributed by atoms with van der Waals surface area (Å²) in [6, 6.07) is 4.93. The highest BCUT2D eigenvalue weighted by molar-refractivity contribution is 5.79. The van der Waals surface area contributed by atoms with Crippen LogP contribution >= 0.6 is 0 Å². The van der Waals surface area contributed by atoms with Crippen molar-refractivity contribution in [3.63, 3.8) is 0 Å². The number of amides is 1. The Balaban J connectivity index is 1.01. The largest absolute Gasteiger partial charge is 0.493 e. The van der Waals surface area contributed by atoms with Crippen LogP contribution in [0.5, 0.6) is 5.75 Å². The zero-order valence-electron chi connectivity index (χ0n) is 21.8. The van der Waals surface area contributed by atoms with E-state index in [-0.39, 0.29) is 18.4 Å². The molecule has 2 atom stereocenters. The smallest absolute Gasteiger partial charge is 0.227 e. The average Bonchev–Trinajstić information content (AvgIpc) is 3.65. The number of rotatable bonds is 11. The van der Waals surface area contributed by atoms with Crippen LogP contribution in [0.1, 0.15) is 36.8 Å². The van der Waals surface area contributed by atoms with Gasteiger partial charge in [0, 0.05) is 51.3 Å². The van der Waals surface area contributed by atoms with Gasteiger partial charge in [0.05, 0.1) is 38.9 Å². The first-order valence-electron chi connectivity index (χ1n) is 13.3. The monoisotopic (exact) mass is 512 g/mol. The molecule has 1 amide bonds. The fourth-order valence-electron chi connectivity index (χ4n) is 5.49. The average molecular weight is 513 g/mol. The van der Waals surface area contributed by atoms with E-state index in [9.17, 15) is 9.18 Å². The molecular weight excluding hydrogens is 475 g/mol. The van der Waals surface area contributed by atoms with Gasteiger partial charge in [-0.1, -0.05) is 6.07 Å². The summed E-state index contributed by atoms with van der Waals surface area (Å²) in [5.74, 6) is 3.04. The Morgan fingerprint density at radius 2 is 1.97 bits per heavy atom. The standard InChI is InChI=1S/C28H37FN4O4/c1-32(23-17-36-18-23)27(34)12-22-3-4-24(13-26(22)29)37-10-7-21-11-25(21)20-5-8-33(9-6-20)28-30-14-19(15-31-28)16-35-2/h3-4,13-15,20-21,23,25H,5-12,16-18H2,1-2H3. The Morgan fingerprint density at radius 3 is 2.62 bits per heavy atom. The SMILES string of the molecule is COCc1cnc(N2CCC(C3CC3CCOc3ccc(CC(=O)N(C)C4COC4)c(F)c3)CC2)nc1. The number of methoxy groups -OCH3 is 1. The second kappa shape index (κ2) is 11.7. The molecule has 200 valence electrons. The van der Waals surface area contributed by atoms with Crippen LogP contribution < -0.4 is 9.64 Å². The van der Waals surface area contributed by atoms with Crippen LogP contribution in [0.2, 0.25) is 0 Å². The molecule has 9 heteroatoms. The highest BCUT2D eigenvalue weighted by Gasteiger charge is 2.43. The van der Waals surface area contributed by atoms with Crippen LogP contribution in [-0.4, -0.2) is 73.9 Å². The quantitative estimate of drug-likeness (QED) is 0.456. The van der Waals surface area contributed by atoms with E-state index in [0.717, 1.165) is 42.9 Å². The fourth-order valence-corrected chi connectivity index (χ4v) is 5.49. The highest BCUT2D eigenvalue weighted by atomic mass is 19.1. The van der Waals surface area contributed by atoms with Crippen LogP contribution in [0.25, 0.3) is 0 Å². The predicted octanol–water partition coefficient (Wildman–Crippen LogP) is 3.48. The van der Waals surface area contributed by atoms with Gasteiger partial charge in [-0.3, -0.25) is 4.79 Å². The number of carbonyl (C=O) groups is 1. The fraction of sp³-hybridized carbons (Fsp3) is 0.607. The number of hydrogen-bond acceptors (Lipinski definition) is 7. The summed E-state index contributed by atoms with van der Waals surface area (Å²) in [4.78, 5) is 25.3. The van der Waals surface area contributed by atoms with E-state index in [1.165, 1.54) is 25.3 Å². The Kier molecular flexibility index (Phi) is 8.20. The van der Waals surface area contributed by atoms with Crippen molar-refractivity contribution < 1.29 is 23.4 Å². The van der Waals surface area contributed by atoms with Crippen LogP contribution in [-0.2, 0) is 27.3 Å². The van der Waals surface area contributed by atoms with E-state index in [1.54, 1.807) is 31.2 Å². The number of carbonyl (C=O) groups excluding carboxylic acids is 1. The minimum atomic E-state index is -0.391. The topological polar surface area (TPSA) is 77.0 Å². The second-order valence-corrected chi connectivity index (χ2v) is 10.6. The van der Waals surface area contributed by atoms with Crippen molar-refractivity contribution >= 4 is 11.9 Å². The lowest BCUT2D eigenvalue weighted by molar-refractivity contribution is -0.141. The third-order valence-electron chi connectivity index (χ3n) is 8.09. The first-order valence-corrected chi connectivity index (χ1v) is 13.3.